The molecule has 1 N–H and O–H groups in total. The minimum atomic E-state index is -0.330. The molecule has 1 saturated heterocycles. The number of aryl methyl sites for hydroxylation is 1. The lowest BCUT2D eigenvalue weighted by Gasteiger charge is -2.27. The molecule has 2 heterocycles. The number of aliphatic hydroxyl groups is 1. The first-order valence-corrected chi connectivity index (χ1v) is 7.54. The van der Waals surface area contributed by atoms with Gasteiger partial charge in [0, 0.05) is 37.4 Å². The quantitative estimate of drug-likeness (QED) is 0.920. The number of amides is 1. The molecule has 1 amide bonds. The Morgan fingerprint density at radius 2 is 2.14 bits per heavy atom. The van der Waals surface area contributed by atoms with E-state index in [2.05, 4.69) is 4.98 Å². The molecule has 0 saturated carbocycles. The van der Waals surface area contributed by atoms with Gasteiger partial charge >= 0.3 is 0 Å². The molecule has 0 radical (unpaired) electrons. The normalized spacial score (nSPS) is 21.3. The number of carbonyl (C=O) groups is 1. The Morgan fingerprint density at radius 3 is 2.77 bits per heavy atom. The number of hydrogen-bond acceptors (Lipinski definition) is 3. The summed E-state index contributed by atoms with van der Waals surface area (Å²) in [6.07, 6.45) is 4.58. The van der Waals surface area contributed by atoms with Gasteiger partial charge in [-0.1, -0.05) is 30.3 Å². The number of aromatic nitrogens is 2. The number of likely N-dealkylation sites (tertiary alicyclic amines) is 1. The maximum absolute atomic E-state index is 12.5. The van der Waals surface area contributed by atoms with Crippen LogP contribution in [0.5, 0.6) is 0 Å². The van der Waals surface area contributed by atoms with Crippen molar-refractivity contribution in [2.45, 2.75) is 18.3 Å². The summed E-state index contributed by atoms with van der Waals surface area (Å²) in [7, 11) is 1.89. The second kappa shape index (κ2) is 5.93. The second-order valence-electron chi connectivity index (χ2n) is 6.04. The van der Waals surface area contributed by atoms with E-state index >= 15 is 0 Å². The lowest BCUT2D eigenvalue weighted by Crippen LogP contribution is -2.37. The van der Waals surface area contributed by atoms with Crippen LogP contribution in [-0.2, 0) is 23.7 Å². The molecule has 1 aliphatic heterocycles. The van der Waals surface area contributed by atoms with E-state index in [1.807, 2.05) is 46.8 Å². The molecule has 0 bridgehead atoms. The fourth-order valence-corrected chi connectivity index (χ4v) is 3.15. The second-order valence-corrected chi connectivity index (χ2v) is 6.04. The molecule has 1 aromatic heterocycles. The maximum atomic E-state index is 12.5. The van der Waals surface area contributed by atoms with E-state index in [0.29, 0.717) is 19.5 Å². The Morgan fingerprint density at radius 1 is 1.36 bits per heavy atom. The Labute approximate surface area is 130 Å². The lowest BCUT2D eigenvalue weighted by molar-refractivity contribution is -0.129. The number of nitrogens with zero attached hydrogens (tertiary/aromatic N) is 3. The van der Waals surface area contributed by atoms with Gasteiger partial charge in [0.15, 0.2) is 0 Å². The monoisotopic (exact) mass is 299 g/mol. The number of rotatable bonds is 4. The van der Waals surface area contributed by atoms with E-state index < -0.39 is 0 Å². The molecule has 1 aromatic carbocycles. The van der Waals surface area contributed by atoms with E-state index in [1.165, 1.54) is 0 Å². The molecule has 1 aliphatic rings. The average molecular weight is 299 g/mol. The van der Waals surface area contributed by atoms with Gasteiger partial charge in [-0.15, -0.1) is 0 Å². The standard InChI is InChI=1S/C17H21N3O2/c1-19-13-18-10-15(19)9-16(22)20-8-7-17(11-20,12-21)14-5-3-2-4-6-14/h2-6,10,13,21H,7-9,11-12H2,1H3. The number of carbonyl (C=O) groups excluding carboxylic acids is 1. The van der Waals surface area contributed by atoms with Crippen LogP contribution < -0.4 is 0 Å². The number of benzene rings is 1. The van der Waals surface area contributed by atoms with Crippen LogP contribution in [0, 0.1) is 0 Å². The fraction of sp³-hybridized carbons (Fsp3) is 0.412. The van der Waals surface area contributed by atoms with Crippen LogP contribution in [-0.4, -0.2) is 45.2 Å². The van der Waals surface area contributed by atoms with Crippen molar-refractivity contribution < 1.29 is 9.90 Å². The molecule has 116 valence electrons. The molecular formula is C17H21N3O2. The molecule has 5 nitrogen and oxygen atoms in total. The predicted octanol–water partition coefficient (Wildman–Crippen LogP) is 1.13. The van der Waals surface area contributed by atoms with Gasteiger partial charge in [0.2, 0.25) is 5.91 Å². The molecular weight excluding hydrogens is 278 g/mol. The summed E-state index contributed by atoms with van der Waals surface area (Å²) in [6.45, 7) is 1.32. The van der Waals surface area contributed by atoms with Crippen LogP contribution in [0.2, 0.25) is 0 Å². The molecule has 22 heavy (non-hydrogen) atoms. The van der Waals surface area contributed by atoms with Crippen molar-refractivity contribution >= 4 is 5.91 Å². The highest BCUT2D eigenvalue weighted by Crippen LogP contribution is 2.34. The zero-order valence-electron chi connectivity index (χ0n) is 12.8. The zero-order chi connectivity index (χ0) is 15.6. The number of imidazole rings is 1. The van der Waals surface area contributed by atoms with Crippen LogP contribution >= 0.6 is 0 Å². The van der Waals surface area contributed by atoms with Crippen LogP contribution in [0.4, 0.5) is 0 Å². The third kappa shape index (κ3) is 2.64. The first-order valence-electron chi connectivity index (χ1n) is 7.54. The highest BCUT2D eigenvalue weighted by atomic mass is 16.3. The summed E-state index contributed by atoms with van der Waals surface area (Å²) < 4.78 is 1.87. The molecule has 0 spiro atoms. The van der Waals surface area contributed by atoms with Gasteiger partial charge in [-0.2, -0.15) is 0 Å². The molecule has 1 fully saturated rings. The molecule has 3 rings (SSSR count). The summed E-state index contributed by atoms with van der Waals surface area (Å²) in [5.74, 6) is 0.0925. The third-order valence-electron chi connectivity index (χ3n) is 4.64. The first kappa shape index (κ1) is 14.8. The zero-order valence-corrected chi connectivity index (χ0v) is 12.8. The first-order chi connectivity index (χ1) is 10.6. The highest BCUT2D eigenvalue weighted by Gasteiger charge is 2.40. The third-order valence-corrected chi connectivity index (χ3v) is 4.64. The predicted molar refractivity (Wildman–Crippen MR) is 83.3 cm³/mol. The van der Waals surface area contributed by atoms with Gasteiger partial charge in [-0.05, 0) is 12.0 Å². The number of aliphatic hydroxyl groups excluding tert-OH is 1. The highest BCUT2D eigenvalue weighted by molar-refractivity contribution is 5.79. The SMILES string of the molecule is Cn1cncc1CC(=O)N1CCC(CO)(c2ccccc2)C1. The van der Waals surface area contributed by atoms with Crippen molar-refractivity contribution in [3.8, 4) is 0 Å². The van der Waals surface area contributed by atoms with Gasteiger partial charge in [0.05, 0.1) is 19.4 Å². The molecule has 5 heteroatoms. The Balaban J connectivity index is 1.73. The van der Waals surface area contributed by atoms with Crippen molar-refractivity contribution in [2.24, 2.45) is 7.05 Å². The topological polar surface area (TPSA) is 58.4 Å². The summed E-state index contributed by atoms with van der Waals surface area (Å²) in [5.41, 5.74) is 1.68. The molecule has 1 atom stereocenters. The van der Waals surface area contributed by atoms with Crippen molar-refractivity contribution in [3.63, 3.8) is 0 Å². The van der Waals surface area contributed by atoms with E-state index in [1.54, 1.807) is 12.5 Å². The summed E-state index contributed by atoms with van der Waals surface area (Å²) in [5, 5.41) is 9.92. The van der Waals surface area contributed by atoms with Gasteiger partial charge < -0.3 is 14.6 Å². The molecule has 0 aliphatic carbocycles. The minimum absolute atomic E-state index is 0.0620. The largest absolute Gasteiger partial charge is 0.395 e. The Hall–Kier alpha value is -2.14. The lowest BCUT2D eigenvalue weighted by atomic mass is 9.80. The van der Waals surface area contributed by atoms with Crippen LogP contribution in [0.1, 0.15) is 17.7 Å². The van der Waals surface area contributed by atoms with Crippen molar-refractivity contribution in [1.29, 1.82) is 0 Å². The minimum Gasteiger partial charge on any atom is -0.395 e. The van der Waals surface area contributed by atoms with Gasteiger partial charge in [-0.25, -0.2) is 4.98 Å². The summed E-state index contributed by atoms with van der Waals surface area (Å²) >= 11 is 0. The van der Waals surface area contributed by atoms with Crippen molar-refractivity contribution in [2.75, 3.05) is 19.7 Å². The van der Waals surface area contributed by atoms with E-state index in [9.17, 15) is 9.90 Å². The summed E-state index contributed by atoms with van der Waals surface area (Å²) in [6, 6.07) is 9.99. The molecule has 2 aromatic rings. The van der Waals surface area contributed by atoms with Gasteiger partial charge in [0.25, 0.3) is 0 Å². The Kier molecular flexibility index (Phi) is 3.98. The average Bonchev–Trinajstić information content (AvgIpc) is 3.16. The van der Waals surface area contributed by atoms with Crippen LogP contribution in [0.3, 0.4) is 0 Å². The van der Waals surface area contributed by atoms with Crippen LogP contribution in [0.15, 0.2) is 42.9 Å². The van der Waals surface area contributed by atoms with Crippen molar-refractivity contribution in [3.05, 3.63) is 54.1 Å². The van der Waals surface area contributed by atoms with Crippen molar-refractivity contribution in [1.82, 2.24) is 14.5 Å². The van der Waals surface area contributed by atoms with E-state index in [4.69, 9.17) is 0 Å². The smallest absolute Gasteiger partial charge is 0.228 e. The van der Waals surface area contributed by atoms with Crippen LogP contribution in [0.25, 0.3) is 0 Å². The number of hydrogen-bond donors (Lipinski definition) is 1. The summed E-state index contributed by atoms with van der Waals surface area (Å²) in [4.78, 5) is 18.4. The van der Waals surface area contributed by atoms with Gasteiger partial charge in [-0.3, -0.25) is 4.79 Å². The van der Waals surface area contributed by atoms with E-state index in [-0.39, 0.29) is 17.9 Å². The Bertz CT molecular complexity index is 653. The maximum Gasteiger partial charge on any atom is 0.228 e. The fourth-order valence-electron chi connectivity index (χ4n) is 3.15. The van der Waals surface area contributed by atoms with E-state index in [0.717, 1.165) is 17.7 Å². The molecule has 1 unspecified atom stereocenters. The van der Waals surface area contributed by atoms with Gasteiger partial charge in [0.1, 0.15) is 0 Å².